The normalized spacial score (nSPS) is 11.6. The van der Waals surface area contributed by atoms with Gasteiger partial charge >= 0.3 is 40.2 Å². The van der Waals surface area contributed by atoms with Gasteiger partial charge in [-0.15, -0.1) is 0 Å². The molecule has 0 N–H and O–H groups in total. The smallest absolute Gasteiger partial charge is 0.379 e. The van der Waals surface area contributed by atoms with E-state index in [-0.39, 0.29) is 155 Å². The SMILES string of the molecule is Fc1cc(F)c(-c2ccccn2)c(-c2cn([B-](n3cccn3)(n3cccn3)n3cccn3)nc2-c2cc(F)cc(F)c2-c2ccccn2)c1.Fc1cc(F)c(-c2ccccn2)c(-c2cn([B-](n3cccn3)(n3cccn3)n3cccn3)nc2-c2cc(F)cc(F)c2-c2ccccn2)c1.Fc1cc(F)c(-c2ccccn2)c(-c2cn([B-](n3cccn3)(n3cccn3)n3cccn3)nc2-c2cc(F)cc(F)c2-c2ccccn2)c1.[Ir+3]. The zero-order valence-corrected chi connectivity index (χ0v) is 78.5. The second-order valence-corrected chi connectivity index (χ2v) is 33.2. The van der Waals surface area contributed by atoms with E-state index in [1.807, 2.05) is 0 Å². The number of halogens is 12. The molecule has 18 heterocycles. The molecule has 0 amide bonds. The second-order valence-electron chi connectivity index (χ2n) is 33.2. The van der Waals surface area contributed by atoms with Gasteiger partial charge in [-0.2, -0.15) is 0 Å². The zero-order chi connectivity index (χ0) is 101. The van der Waals surface area contributed by atoms with E-state index >= 15 is 52.7 Å². The van der Waals surface area contributed by atoms with Crippen molar-refractivity contribution in [1.29, 1.82) is 0 Å². The molecule has 46 heteroatoms. The first-order valence-corrected chi connectivity index (χ1v) is 45.0. The van der Waals surface area contributed by atoms with Gasteiger partial charge in [0, 0.05) is 213 Å². The molecule has 0 aliphatic heterocycles. The Kier molecular flexibility index (Phi) is 25.6. The molecule has 24 rings (SSSR count). The molecule has 148 heavy (non-hydrogen) atoms. The summed E-state index contributed by atoms with van der Waals surface area (Å²) >= 11 is 0. The number of hydrogen-bond acceptors (Lipinski definition) is 18. The van der Waals surface area contributed by atoms with E-state index in [2.05, 4.69) is 75.8 Å². The van der Waals surface area contributed by atoms with E-state index < -0.39 is 89.9 Å². The first-order valence-electron chi connectivity index (χ1n) is 45.0. The minimum absolute atomic E-state index is 0. The molecule has 0 fully saturated rings. The van der Waals surface area contributed by atoms with Gasteiger partial charge in [0.25, 0.3) is 0 Å². The Morgan fingerprint density at radius 1 is 0.169 bits per heavy atom. The van der Waals surface area contributed by atoms with Crippen LogP contribution in [0.3, 0.4) is 0 Å². The third-order valence-corrected chi connectivity index (χ3v) is 24.7. The summed E-state index contributed by atoms with van der Waals surface area (Å²) in [6.07, 6.45) is 42.8. The topological polar surface area (TPSA) is 291 Å². The van der Waals surface area contributed by atoms with Gasteiger partial charge in [0.1, 0.15) is 69.8 Å². The van der Waals surface area contributed by atoms with Crippen LogP contribution in [0.1, 0.15) is 0 Å². The molecule has 0 saturated heterocycles. The summed E-state index contributed by atoms with van der Waals surface area (Å²) in [5.41, 5.74) is 1.17. The van der Waals surface area contributed by atoms with Crippen LogP contribution >= 0.6 is 0 Å². The number of nitrogens with zero attached hydrogens (tertiary/aromatic N) is 30. The molecule has 0 bridgehead atoms. The van der Waals surface area contributed by atoms with Crippen molar-refractivity contribution in [3.05, 3.63) is 474 Å². The minimum Gasteiger partial charge on any atom is -0.379 e. The Morgan fingerprint density at radius 2 is 0.331 bits per heavy atom. The third-order valence-electron chi connectivity index (χ3n) is 24.7. The molecule has 0 saturated carbocycles. The van der Waals surface area contributed by atoms with E-state index in [1.54, 1.807) is 317 Å². The summed E-state index contributed by atoms with van der Waals surface area (Å²) in [6.45, 7) is -7.95. The van der Waals surface area contributed by atoms with Crippen molar-refractivity contribution in [1.82, 2.24) is 146 Å². The van der Waals surface area contributed by atoms with Crippen molar-refractivity contribution in [2.75, 3.05) is 0 Å². The minimum atomic E-state index is -2.65. The number of benzene rings is 6. The third kappa shape index (κ3) is 17.0. The molecule has 0 aliphatic carbocycles. The molecule has 6 aromatic carbocycles. The monoisotopic (exact) mass is 2160 g/mol. The van der Waals surface area contributed by atoms with Crippen LogP contribution in [-0.2, 0) is 20.1 Å². The number of rotatable bonds is 24. The molecule has 0 unspecified atom stereocenters. The van der Waals surface area contributed by atoms with E-state index in [1.165, 1.54) is 69.6 Å². The van der Waals surface area contributed by atoms with Crippen LogP contribution in [0.5, 0.6) is 0 Å². The molecule has 0 spiro atoms. The van der Waals surface area contributed by atoms with Gasteiger partial charge in [0.2, 0.25) is 0 Å². The van der Waals surface area contributed by atoms with Gasteiger partial charge in [0.05, 0.1) is 51.2 Å². The van der Waals surface area contributed by atoms with Crippen molar-refractivity contribution in [3.8, 4) is 135 Å². The molecular weight excluding hydrogens is 2100 g/mol. The van der Waals surface area contributed by atoms with Gasteiger partial charge in [-0.1, -0.05) is 36.4 Å². The standard InChI is InChI=1S/3C34H22BF4N10.Ir/c3*36-23-18-25(32(28(38)20-23)30-8-1-3-10-40-30)27-22-49(35(46-15-5-12-42-46,47-16-6-13-43-47)48-17-7-14-44-48)45-34(27)26-19-24(37)21-29(39)33(26)31-9-2-4-11-41-31;/h3*1-22H;/q3*-1;+3. The Labute approximate surface area is 842 Å². The Morgan fingerprint density at radius 3 is 0.480 bits per heavy atom. The molecule has 18 aromatic heterocycles. The van der Waals surface area contributed by atoms with Gasteiger partial charge in [0.15, 0.2) is 0 Å². The summed E-state index contributed by atoms with van der Waals surface area (Å²) in [4.78, 5) is 26.0. The van der Waals surface area contributed by atoms with Crippen LogP contribution in [0.25, 0.3) is 135 Å². The average molecular weight is 2160 g/mol. The van der Waals surface area contributed by atoms with E-state index in [9.17, 15) is 0 Å². The van der Waals surface area contributed by atoms with Gasteiger partial charge in [-0.3, -0.25) is 29.9 Å². The zero-order valence-electron chi connectivity index (χ0n) is 76.1. The van der Waals surface area contributed by atoms with Crippen LogP contribution in [0.15, 0.2) is 404 Å². The van der Waals surface area contributed by atoms with E-state index in [0.29, 0.717) is 0 Å². The van der Waals surface area contributed by atoms with E-state index in [4.69, 9.17) is 15.3 Å². The maximum absolute atomic E-state index is 15.9. The quantitative estimate of drug-likeness (QED) is 0.0401. The predicted molar refractivity (Wildman–Crippen MR) is 520 cm³/mol. The number of aromatic nitrogens is 30. The fourth-order valence-corrected chi connectivity index (χ4v) is 18.7. The van der Waals surface area contributed by atoms with Crippen molar-refractivity contribution < 1.29 is 72.8 Å². The number of hydrogen-bond donors (Lipinski definition) is 0. The van der Waals surface area contributed by atoms with Crippen molar-refractivity contribution >= 4 is 20.1 Å². The maximum atomic E-state index is 15.9. The van der Waals surface area contributed by atoms with Gasteiger partial charge in [-0.25, -0.2) is 114 Å². The molecule has 0 atom stereocenters. The summed E-state index contributed by atoms with van der Waals surface area (Å²) < 4.78 is 206. The maximum Gasteiger partial charge on any atom is 3.00 e. The first kappa shape index (κ1) is 95.0. The molecule has 0 aliphatic rings. The Balaban J connectivity index is 0.000000130. The first-order chi connectivity index (χ1) is 71.8. The molecule has 24 aromatic rings. The fourth-order valence-electron chi connectivity index (χ4n) is 18.7. The van der Waals surface area contributed by atoms with Crippen LogP contribution < -0.4 is 0 Å². The molecule has 30 nitrogen and oxygen atoms in total. The van der Waals surface area contributed by atoms with Crippen molar-refractivity contribution in [2.24, 2.45) is 0 Å². The largest absolute Gasteiger partial charge is 3.00 e. The molecule has 726 valence electrons. The Bertz CT molecular complexity index is 7360. The second kappa shape index (κ2) is 39.9. The number of pyridine rings is 6. The van der Waals surface area contributed by atoms with Crippen LogP contribution in [0.2, 0.25) is 0 Å². The van der Waals surface area contributed by atoms with Gasteiger partial charge in [-0.05, 0) is 238 Å². The van der Waals surface area contributed by atoms with Crippen LogP contribution in [0.4, 0.5) is 52.7 Å². The summed E-state index contributed by atoms with van der Waals surface area (Å²) in [5, 5.41) is 55.9. The Hall–Kier alpha value is -19.3. The average Bonchev–Trinajstić information content (AvgIpc) is 1.57. The predicted octanol–water partition coefficient (Wildman–Crippen LogP) is 19.2. The van der Waals surface area contributed by atoms with Crippen LogP contribution in [0, 0.1) is 69.8 Å². The van der Waals surface area contributed by atoms with Gasteiger partial charge < -0.3 is 55.1 Å². The van der Waals surface area contributed by atoms with E-state index in [0.717, 1.165) is 72.8 Å². The molecule has 0 radical (unpaired) electrons. The molecular formula is C102H66B3F12IrN30. The summed E-state index contributed by atoms with van der Waals surface area (Å²) in [7, 11) is 0. The fraction of sp³-hybridized carbons (Fsp3) is 0. The van der Waals surface area contributed by atoms with Crippen LogP contribution in [-0.4, -0.2) is 166 Å². The van der Waals surface area contributed by atoms with Crippen molar-refractivity contribution in [2.45, 2.75) is 0 Å². The summed E-state index contributed by atoms with van der Waals surface area (Å²) in [6, 6.07) is 56.0. The summed E-state index contributed by atoms with van der Waals surface area (Å²) in [5.74, 6) is -10.8. The van der Waals surface area contributed by atoms with Crippen molar-refractivity contribution in [3.63, 3.8) is 0 Å².